The largest absolute Gasteiger partial charge is 0.493 e. The molecule has 3 atom stereocenters. The van der Waals surface area contributed by atoms with Crippen LogP contribution in [0.5, 0.6) is 5.75 Å². The lowest BCUT2D eigenvalue weighted by atomic mass is 9.88. The Morgan fingerprint density at radius 3 is 2.72 bits per heavy atom. The van der Waals surface area contributed by atoms with Crippen molar-refractivity contribution in [3.8, 4) is 5.75 Å². The summed E-state index contributed by atoms with van der Waals surface area (Å²) >= 11 is 0. The molecule has 1 aromatic carbocycles. The van der Waals surface area contributed by atoms with Gasteiger partial charge in [-0.25, -0.2) is 0 Å². The van der Waals surface area contributed by atoms with Gasteiger partial charge >= 0.3 is 0 Å². The SMILES string of the molecule is CCCOc1ccccc1C1CCC(NC)C1C. The highest BCUT2D eigenvalue weighted by Gasteiger charge is 2.34. The van der Waals surface area contributed by atoms with Gasteiger partial charge in [0.2, 0.25) is 0 Å². The number of benzene rings is 1. The van der Waals surface area contributed by atoms with Gasteiger partial charge in [-0.15, -0.1) is 0 Å². The molecule has 3 unspecified atom stereocenters. The lowest BCUT2D eigenvalue weighted by Gasteiger charge is -2.22. The molecule has 1 aliphatic rings. The number of nitrogens with one attached hydrogen (secondary N) is 1. The van der Waals surface area contributed by atoms with E-state index in [0.717, 1.165) is 18.8 Å². The average molecular weight is 247 g/mol. The number of ether oxygens (including phenoxy) is 1. The van der Waals surface area contributed by atoms with Crippen LogP contribution < -0.4 is 10.1 Å². The molecule has 2 heteroatoms. The Balaban J connectivity index is 2.17. The molecular weight excluding hydrogens is 222 g/mol. The number of para-hydroxylation sites is 1. The molecule has 2 nitrogen and oxygen atoms in total. The van der Waals surface area contributed by atoms with Crippen LogP contribution in [-0.2, 0) is 0 Å². The maximum Gasteiger partial charge on any atom is 0.122 e. The third-order valence-corrected chi connectivity index (χ3v) is 4.21. The van der Waals surface area contributed by atoms with E-state index in [0.29, 0.717) is 17.9 Å². The monoisotopic (exact) mass is 247 g/mol. The van der Waals surface area contributed by atoms with E-state index >= 15 is 0 Å². The maximum atomic E-state index is 5.90. The van der Waals surface area contributed by atoms with Gasteiger partial charge < -0.3 is 10.1 Å². The van der Waals surface area contributed by atoms with Gasteiger partial charge in [0.15, 0.2) is 0 Å². The lowest BCUT2D eigenvalue weighted by Crippen LogP contribution is -2.28. The molecule has 18 heavy (non-hydrogen) atoms. The minimum atomic E-state index is 0.635. The molecule has 2 rings (SSSR count). The Morgan fingerprint density at radius 1 is 1.28 bits per heavy atom. The first-order chi connectivity index (χ1) is 8.77. The Kier molecular flexibility index (Phi) is 4.65. The van der Waals surface area contributed by atoms with Crippen LogP contribution in [0.15, 0.2) is 24.3 Å². The van der Waals surface area contributed by atoms with Crippen molar-refractivity contribution in [2.45, 2.75) is 45.1 Å². The molecule has 0 spiro atoms. The third kappa shape index (κ3) is 2.69. The van der Waals surface area contributed by atoms with Crippen LogP contribution in [0.4, 0.5) is 0 Å². The predicted molar refractivity (Wildman–Crippen MR) is 76.2 cm³/mol. The molecule has 1 saturated carbocycles. The minimum absolute atomic E-state index is 0.635. The molecular formula is C16H25NO. The first-order valence-electron chi connectivity index (χ1n) is 7.17. The molecule has 0 bridgehead atoms. The van der Waals surface area contributed by atoms with Crippen LogP contribution in [0.25, 0.3) is 0 Å². The second-order valence-corrected chi connectivity index (χ2v) is 5.32. The van der Waals surface area contributed by atoms with Crippen LogP contribution >= 0.6 is 0 Å². The van der Waals surface area contributed by atoms with E-state index in [1.807, 2.05) is 0 Å². The summed E-state index contributed by atoms with van der Waals surface area (Å²) in [4.78, 5) is 0. The predicted octanol–water partition coefficient (Wildman–Crippen LogP) is 3.58. The zero-order valence-electron chi connectivity index (χ0n) is 11.8. The number of rotatable bonds is 5. The van der Waals surface area contributed by atoms with Crippen LogP contribution in [0.1, 0.15) is 44.6 Å². The highest BCUT2D eigenvalue weighted by molar-refractivity contribution is 5.37. The highest BCUT2D eigenvalue weighted by Crippen LogP contribution is 2.42. The summed E-state index contributed by atoms with van der Waals surface area (Å²) < 4.78 is 5.90. The van der Waals surface area contributed by atoms with Gasteiger partial charge in [-0.1, -0.05) is 32.0 Å². The fourth-order valence-electron chi connectivity index (χ4n) is 3.14. The molecule has 0 amide bonds. The molecule has 1 N–H and O–H groups in total. The molecule has 1 aromatic rings. The van der Waals surface area contributed by atoms with Gasteiger partial charge in [0.25, 0.3) is 0 Å². The molecule has 0 saturated heterocycles. The molecule has 0 aliphatic heterocycles. The van der Waals surface area contributed by atoms with E-state index in [9.17, 15) is 0 Å². The molecule has 0 radical (unpaired) electrons. The van der Waals surface area contributed by atoms with Crippen molar-refractivity contribution >= 4 is 0 Å². The van der Waals surface area contributed by atoms with E-state index in [-0.39, 0.29) is 0 Å². The smallest absolute Gasteiger partial charge is 0.122 e. The Hall–Kier alpha value is -1.02. The van der Waals surface area contributed by atoms with Crippen molar-refractivity contribution in [1.82, 2.24) is 5.32 Å². The molecule has 1 fully saturated rings. The van der Waals surface area contributed by atoms with E-state index in [1.54, 1.807) is 0 Å². The molecule has 100 valence electrons. The average Bonchev–Trinajstić information content (AvgIpc) is 2.77. The van der Waals surface area contributed by atoms with Gasteiger partial charge in [-0.3, -0.25) is 0 Å². The van der Waals surface area contributed by atoms with Crippen LogP contribution in [0, 0.1) is 5.92 Å². The molecule has 0 heterocycles. The van der Waals surface area contributed by atoms with Gasteiger partial charge in [-0.2, -0.15) is 0 Å². The standard InChI is InChI=1S/C16H25NO/c1-4-11-18-16-8-6-5-7-14(16)13-9-10-15(17-3)12(13)2/h5-8,12-13,15,17H,4,9-11H2,1-3H3. The topological polar surface area (TPSA) is 21.3 Å². The van der Waals surface area contributed by atoms with Crippen molar-refractivity contribution in [2.24, 2.45) is 5.92 Å². The third-order valence-electron chi connectivity index (χ3n) is 4.21. The van der Waals surface area contributed by atoms with E-state index in [4.69, 9.17) is 4.74 Å². The minimum Gasteiger partial charge on any atom is -0.493 e. The first kappa shape index (κ1) is 13.4. The van der Waals surface area contributed by atoms with Crippen molar-refractivity contribution < 1.29 is 4.74 Å². The van der Waals surface area contributed by atoms with Gasteiger partial charge in [0.1, 0.15) is 5.75 Å². The zero-order chi connectivity index (χ0) is 13.0. The maximum absolute atomic E-state index is 5.90. The molecule has 0 aromatic heterocycles. The fourth-order valence-corrected chi connectivity index (χ4v) is 3.14. The summed E-state index contributed by atoms with van der Waals surface area (Å²) in [6, 6.07) is 9.21. The summed E-state index contributed by atoms with van der Waals surface area (Å²) in [7, 11) is 2.07. The van der Waals surface area contributed by atoms with Crippen molar-refractivity contribution in [3.63, 3.8) is 0 Å². The van der Waals surface area contributed by atoms with Gasteiger partial charge in [0.05, 0.1) is 6.61 Å². The quantitative estimate of drug-likeness (QED) is 0.858. The normalized spacial score (nSPS) is 27.4. The van der Waals surface area contributed by atoms with E-state index in [2.05, 4.69) is 50.5 Å². The summed E-state index contributed by atoms with van der Waals surface area (Å²) in [5.41, 5.74) is 1.40. The lowest BCUT2D eigenvalue weighted by molar-refractivity contribution is 0.308. The zero-order valence-corrected chi connectivity index (χ0v) is 11.8. The second kappa shape index (κ2) is 6.24. The van der Waals surface area contributed by atoms with Gasteiger partial charge in [0, 0.05) is 6.04 Å². The van der Waals surface area contributed by atoms with Crippen molar-refractivity contribution in [3.05, 3.63) is 29.8 Å². The fraction of sp³-hybridized carbons (Fsp3) is 0.625. The van der Waals surface area contributed by atoms with Crippen LogP contribution in [-0.4, -0.2) is 19.7 Å². The highest BCUT2D eigenvalue weighted by atomic mass is 16.5. The Bertz CT molecular complexity index is 377. The summed E-state index contributed by atoms with van der Waals surface area (Å²) in [6.45, 7) is 5.32. The van der Waals surface area contributed by atoms with Gasteiger partial charge in [-0.05, 0) is 49.8 Å². The van der Waals surface area contributed by atoms with E-state index in [1.165, 1.54) is 18.4 Å². The van der Waals surface area contributed by atoms with Crippen LogP contribution in [0.2, 0.25) is 0 Å². The second-order valence-electron chi connectivity index (χ2n) is 5.32. The summed E-state index contributed by atoms with van der Waals surface area (Å²) in [5, 5.41) is 3.44. The summed E-state index contributed by atoms with van der Waals surface area (Å²) in [5.74, 6) is 2.41. The number of hydrogen-bond donors (Lipinski definition) is 1. The first-order valence-corrected chi connectivity index (χ1v) is 7.17. The van der Waals surface area contributed by atoms with E-state index < -0.39 is 0 Å². The summed E-state index contributed by atoms with van der Waals surface area (Å²) in [6.07, 6.45) is 3.59. The number of hydrogen-bond acceptors (Lipinski definition) is 2. The van der Waals surface area contributed by atoms with Crippen LogP contribution in [0.3, 0.4) is 0 Å². The van der Waals surface area contributed by atoms with Crippen molar-refractivity contribution in [1.29, 1.82) is 0 Å². The molecule has 1 aliphatic carbocycles. The Labute approximate surface area is 111 Å². The van der Waals surface area contributed by atoms with Crippen molar-refractivity contribution in [2.75, 3.05) is 13.7 Å². The Morgan fingerprint density at radius 2 is 2.06 bits per heavy atom.